The molecule has 1 aliphatic rings. The van der Waals surface area contributed by atoms with E-state index in [0.717, 1.165) is 38.5 Å². The predicted octanol–water partition coefficient (Wildman–Crippen LogP) is 3.47. The number of aromatic nitrogens is 3. The first-order valence-corrected chi connectivity index (χ1v) is 8.88. The highest BCUT2D eigenvalue weighted by atomic mass is 19.4. The third-order valence-corrected chi connectivity index (χ3v) is 4.73. The van der Waals surface area contributed by atoms with Gasteiger partial charge in [-0.3, -0.25) is 0 Å². The molecule has 1 aliphatic heterocycles. The summed E-state index contributed by atoms with van der Waals surface area (Å²) in [5.41, 5.74) is -0.0171. The Labute approximate surface area is 155 Å². The van der Waals surface area contributed by atoms with Gasteiger partial charge in [-0.25, -0.2) is 4.98 Å². The molecule has 6 nitrogen and oxygen atoms in total. The zero-order chi connectivity index (χ0) is 19.6. The summed E-state index contributed by atoms with van der Waals surface area (Å²) >= 11 is 0. The molecular weight excluding hydrogens is 359 g/mol. The summed E-state index contributed by atoms with van der Waals surface area (Å²) in [5.74, 6) is -0.124. The van der Waals surface area contributed by atoms with Crippen molar-refractivity contribution in [1.82, 2.24) is 20.1 Å². The fourth-order valence-corrected chi connectivity index (χ4v) is 3.27. The number of hydrogen-bond donors (Lipinski definition) is 2. The van der Waals surface area contributed by atoms with Crippen LogP contribution in [0.4, 0.5) is 19.1 Å². The molecule has 1 aromatic carbocycles. The molecule has 27 heavy (non-hydrogen) atoms. The molecule has 0 unspecified atom stereocenters. The third-order valence-electron chi connectivity index (χ3n) is 4.73. The molecule has 0 amide bonds. The highest BCUT2D eigenvalue weighted by Gasteiger charge is 2.31. The molecule has 0 bridgehead atoms. The average molecular weight is 381 g/mol. The maximum Gasteiger partial charge on any atom is 0.416 e. The topological polar surface area (TPSA) is 74.2 Å². The number of aryl methyl sites for hydroxylation is 1. The Hall–Kier alpha value is -2.42. The maximum absolute atomic E-state index is 12.7. The molecule has 2 heterocycles. The van der Waals surface area contributed by atoms with Crippen LogP contribution in [0.3, 0.4) is 0 Å². The van der Waals surface area contributed by atoms with E-state index in [1.54, 1.807) is 6.92 Å². The quantitative estimate of drug-likeness (QED) is 0.845. The Morgan fingerprint density at radius 1 is 1.30 bits per heavy atom. The fourth-order valence-electron chi connectivity index (χ4n) is 3.27. The molecule has 0 saturated carbocycles. The third kappa shape index (κ3) is 4.47. The summed E-state index contributed by atoms with van der Waals surface area (Å²) in [4.78, 5) is 6.71. The SMILES string of the molecule is CCN1CCC[C@@H](Nc2nnc(-c3ccc(C(F)(F)F)cc3O)c(C)n2)C1. The average Bonchev–Trinajstić information content (AvgIpc) is 2.62. The van der Waals surface area contributed by atoms with E-state index in [-0.39, 0.29) is 17.3 Å². The molecule has 2 aromatic rings. The monoisotopic (exact) mass is 381 g/mol. The second-order valence-electron chi connectivity index (χ2n) is 6.68. The van der Waals surface area contributed by atoms with Crippen LogP contribution in [0.5, 0.6) is 5.75 Å². The van der Waals surface area contributed by atoms with E-state index in [4.69, 9.17) is 0 Å². The number of nitrogens with zero attached hydrogens (tertiary/aromatic N) is 4. The first-order chi connectivity index (χ1) is 12.8. The zero-order valence-corrected chi connectivity index (χ0v) is 15.2. The highest BCUT2D eigenvalue weighted by molar-refractivity contribution is 5.69. The van der Waals surface area contributed by atoms with Crippen LogP contribution in [0.25, 0.3) is 11.3 Å². The number of anilines is 1. The minimum atomic E-state index is -4.52. The second kappa shape index (κ2) is 7.67. The van der Waals surface area contributed by atoms with Gasteiger partial charge in [0, 0.05) is 18.2 Å². The molecule has 1 aromatic heterocycles. The first-order valence-electron chi connectivity index (χ1n) is 8.88. The minimum absolute atomic E-state index is 0.168. The van der Waals surface area contributed by atoms with Gasteiger partial charge >= 0.3 is 6.18 Å². The van der Waals surface area contributed by atoms with E-state index < -0.39 is 17.5 Å². The summed E-state index contributed by atoms with van der Waals surface area (Å²) in [6.45, 7) is 6.78. The summed E-state index contributed by atoms with van der Waals surface area (Å²) < 4.78 is 38.2. The summed E-state index contributed by atoms with van der Waals surface area (Å²) in [6.07, 6.45) is -2.41. The smallest absolute Gasteiger partial charge is 0.416 e. The van der Waals surface area contributed by atoms with Gasteiger partial charge in [0.15, 0.2) is 0 Å². The van der Waals surface area contributed by atoms with Gasteiger partial charge in [-0.05, 0) is 51.1 Å². The number of phenolic OH excluding ortho intramolecular Hbond substituents is 1. The number of hydrogen-bond acceptors (Lipinski definition) is 6. The van der Waals surface area contributed by atoms with E-state index in [0.29, 0.717) is 17.7 Å². The zero-order valence-electron chi connectivity index (χ0n) is 15.2. The van der Waals surface area contributed by atoms with Gasteiger partial charge in [0.2, 0.25) is 5.95 Å². The first kappa shape index (κ1) is 19.3. The molecule has 146 valence electrons. The van der Waals surface area contributed by atoms with Gasteiger partial charge in [0.05, 0.1) is 11.3 Å². The Morgan fingerprint density at radius 2 is 2.07 bits per heavy atom. The number of nitrogens with one attached hydrogen (secondary N) is 1. The van der Waals surface area contributed by atoms with Gasteiger partial charge in [0.25, 0.3) is 0 Å². The number of piperidine rings is 1. The number of aromatic hydroxyl groups is 1. The van der Waals surface area contributed by atoms with Gasteiger partial charge in [-0.1, -0.05) is 6.92 Å². The molecule has 2 N–H and O–H groups in total. The standard InChI is InChI=1S/C18H22F3N5O/c1-3-26-8-4-5-13(10-26)23-17-22-11(2)16(24-25-17)14-7-6-12(9-15(14)27)18(19,20)21/h6-7,9,13,27H,3-5,8,10H2,1-2H3,(H,22,23,25)/t13-/m1/s1. The van der Waals surface area contributed by atoms with Crippen LogP contribution >= 0.6 is 0 Å². The van der Waals surface area contributed by atoms with Crippen LogP contribution in [0, 0.1) is 6.92 Å². The lowest BCUT2D eigenvalue weighted by molar-refractivity contribution is -0.137. The van der Waals surface area contributed by atoms with Gasteiger partial charge in [-0.2, -0.15) is 13.2 Å². The number of rotatable bonds is 4. The number of likely N-dealkylation sites (tertiary alicyclic amines) is 1. The van der Waals surface area contributed by atoms with Crippen molar-refractivity contribution in [3.05, 3.63) is 29.5 Å². The van der Waals surface area contributed by atoms with Gasteiger partial charge < -0.3 is 15.3 Å². The van der Waals surface area contributed by atoms with Crippen molar-refractivity contribution in [2.75, 3.05) is 25.0 Å². The molecular formula is C18H22F3N5O. The molecule has 9 heteroatoms. The van der Waals surface area contributed by atoms with Crippen LogP contribution < -0.4 is 5.32 Å². The fraction of sp³-hybridized carbons (Fsp3) is 0.500. The van der Waals surface area contributed by atoms with Crippen molar-refractivity contribution >= 4 is 5.95 Å². The van der Waals surface area contributed by atoms with Crippen LogP contribution in [0.15, 0.2) is 18.2 Å². The van der Waals surface area contributed by atoms with E-state index in [1.807, 2.05) is 0 Å². The predicted molar refractivity (Wildman–Crippen MR) is 95.4 cm³/mol. The van der Waals surface area contributed by atoms with Crippen LogP contribution in [0.2, 0.25) is 0 Å². The van der Waals surface area contributed by atoms with Crippen molar-refractivity contribution in [3.63, 3.8) is 0 Å². The van der Waals surface area contributed by atoms with Crippen LogP contribution in [0.1, 0.15) is 31.0 Å². The lowest BCUT2D eigenvalue weighted by atomic mass is 10.1. The van der Waals surface area contributed by atoms with Crippen molar-refractivity contribution in [3.8, 4) is 17.0 Å². The highest BCUT2D eigenvalue weighted by Crippen LogP contribution is 2.36. The normalized spacial score (nSPS) is 18.5. The van der Waals surface area contributed by atoms with Crippen molar-refractivity contribution < 1.29 is 18.3 Å². The Balaban J connectivity index is 1.79. The lowest BCUT2D eigenvalue weighted by Crippen LogP contribution is -2.42. The van der Waals surface area contributed by atoms with Crippen molar-refractivity contribution in [1.29, 1.82) is 0 Å². The maximum atomic E-state index is 12.7. The van der Waals surface area contributed by atoms with Gasteiger partial charge in [-0.15, -0.1) is 10.2 Å². The Morgan fingerprint density at radius 3 is 2.70 bits per heavy atom. The lowest BCUT2D eigenvalue weighted by Gasteiger charge is -2.32. The Bertz CT molecular complexity index is 812. The molecule has 3 rings (SSSR count). The van der Waals surface area contributed by atoms with E-state index >= 15 is 0 Å². The van der Waals surface area contributed by atoms with Crippen molar-refractivity contribution in [2.24, 2.45) is 0 Å². The number of phenols is 1. The number of likely N-dealkylation sites (N-methyl/N-ethyl adjacent to an activating group) is 1. The Kier molecular flexibility index (Phi) is 5.50. The summed E-state index contributed by atoms with van der Waals surface area (Å²) in [7, 11) is 0. The van der Waals surface area contributed by atoms with Crippen LogP contribution in [-0.2, 0) is 6.18 Å². The van der Waals surface area contributed by atoms with E-state index in [2.05, 4.69) is 32.3 Å². The summed E-state index contributed by atoms with van der Waals surface area (Å²) in [5, 5.41) is 21.4. The van der Waals surface area contributed by atoms with Crippen LogP contribution in [-0.4, -0.2) is 50.9 Å². The van der Waals surface area contributed by atoms with E-state index in [1.165, 1.54) is 6.07 Å². The molecule has 0 radical (unpaired) electrons. The number of alkyl halides is 3. The minimum Gasteiger partial charge on any atom is -0.507 e. The largest absolute Gasteiger partial charge is 0.507 e. The second-order valence-corrected chi connectivity index (χ2v) is 6.68. The number of halogens is 3. The molecule has 1 atom stereocenters. The molecule has 0 spiro atoms. The number of benzene rings is 1. The van der Waals surface area contributed by atoms with Gasteiger partial charge in [0.1, 0.15) is 11.4 Å². The molecule has 0 aliphatic carbocycles. The van der Waals surface area contributed by atoms with E-state index in [9.17, 15) is 18.3 Å². The van der Waals surface area contributed by atoms with Crippen molar-refractivity contribution in [2.45, 2.75) is 38.9 Å². The summed E-state index contributed by atoms with van der Waals surface area (Å²) in [6, 6.07) is 3.00. The molecule has 1 saturated heterocycles. The molecule has 1 fully saturated rings.